The summed E-state index contributed by atoms with van der Waals surface area (Å²) in [6, 6.07) is 13.7. The van der Waals surface area contributed by atoms with Crippen molar-refractivity contribution in [3.63, 3.8) is 0 Å². The fraction of sp³-hybridized carbons (Fsp3) is 0.182. The first kappa shape index (κ1) is 18.7. The van der Waals surface area contributed by atoms with Crippen LogP contribution in [-0.4, -0.2) is 37.6 Å². The average Bonchev–Trinajstić information content (AvgIpc) is 3.26. The highest BCUT2D eigenvalue weighted by Crippen LogP contribution is 2.26. The van der Waals surface area contributed by atoms with Gasteiger partial charge in [-0.2, -0.15) is 5.10 Å². The Labute approximate surface area is 167 Å². The highest BCUT2D eigenvalue weighted by Gasteiger charge is 2.21. The minimum atomic E-state index is -0.372. The molecule has 29 heavy (non-hydrogen) atoms. The molecule has 6 nitrogen and oxygen atoms in total. The minimum Gasteiger partial charge on any atom is -0.335 e. The van der Waals surface area contributed by atoms with Crippen molar-refractivity contribution >= 4 is 16.8 Å². The van der Waals surface area contributed by atoms with Crippen molar-refractivity contribution in [3.8, 4) is 5.69 Å². The van der Waals surface area contributed by atoms with E-state index in [0.717, 1.165) is 11.3 Å². The fourth-order valence-electron chi connectivity index (χ4n) is 3.35. The van der Waals surface area contributed by atoms with E-state index in [0.29, 0.717) is 22.2 Å². The molecule has 0 saturated carbocycles. The van der Waals surface area contributed by atoms with Gasteiger partial charge < -0.3 is 4.90 Å². The first-order valence-electron chi connectivity index (χ1n) is 9.23. The van der Waals surface area contributed by atoms with Gasteiger partial charge in [0.05, 0.1) is 22.8 Å². The number of carbonyl (C=O) groups excluding carboxylic acids is 1. The zero-order chi connectivity index (χ0) is 20.5. The summed E-state index contributed by atoms with van der Waals surface area (Å²) in [4.78, 5) is 23.2. The maximum absolute atomic E-state index is 13.6. The van der Waals surface area contributed by atoms with Crippen LogP contribution in [0.1, 0.15) is 34.6 Å². The second kappa shape index (κ2) is 7.43. The van der Waals surface area contributed by atoms with E-state index in [1.807, 2.05) is 31.2 Å². The summed E-state index contributed by atoms with van der Waals surface area (Å²) in [6.45, 7) is 3.77. The van der Waals surface area contributed by atoms with Crippen molar-refractivity contribution < 1.29 is 9.18 Å². The van der Waals surface area contributed by atoms with Gasteiger partial charge in [-0.15, -0.1) is 0 Å². The first-order valence-corrected chi connectivity index (χ1v) is 9.23. The molecule has 0 bridgehead atoms. The van der Waals surface area contributed by atoms with Crippen LogP contribution in [0.25, 0.3) is 16.6 Å². The lowest BCUT2D eigenvalue weighted by atomic mass is 10.0. The smallest absolute Gasteiger partial charge is 0.254 e. The summed E-state index contributed by atoms with van der Waals surface area (Å²) in [5.74, 6) is -0.511. The second-order valence-electron chi connectivity index (χ2n) is 7.00. The summed E-state index contributed by atoms with van der Waals surface area (Å²) in [6.07, 6.45) is 3.11. The van der Waals surface area contributed by atoms with Gasteiger partial charge in [0.15, 0.2) is 0 Å². The number of benzene rings is 2. The number of hydrogen-bond donors (Lipinski definition) is 0. The highest BCUT2D eigenvalue weighted by molar-refractivity contribution is 6.06. The molecule has 0 aliphatic carbocycles. The van der Waals surface area contributed by atoms with Crippen LogP contribution in [0.3, 0.4) is 0 Å². The molecule has 1 unspecified atom stereocenters. The first-order chi connectivity index (χ1) is 13.9. The lowest BCUT2D eigenvalue weighted by Gasteiger charge is -2.26. The van der Waals surface area contributed by atoms with Crippen molar-refractivity contribution in [3.05, 3.63) is 83.8 Å². The molecule has 1 amide bonds. The Bertz CT molecular complexity index is 1170. The predicted octanol–water partition coefficient (Wildman–Crippen LogP) is 4.10. The van der Waals surface area contributed by atoms with Gasteiger partial charge >= 0.3 is 0 Å². The van der Waals surface area contributed by atoms with Crippen molar-refractivity contribution in [2.75, 3.05) is 7.05 Å². The molecular formula is C22H20FN5O. The Balaban J connectivity index is 1.63. The number of rotatable bonds is 4. The average molecular weight is 389 g/mol. The largest absolute Gasteiger partial charge is 0.335 e. The number of halogens is 1. The molecule has 7 heteroatoms. The van der Waals surface area contributed by atoms with Crippen LogP contribution in [0.5, 0.6) is 0 Å². The molecule has 0 aliphatic heterocycles. The second-order valence-corrected chi connectivity index (χ2v) is 7.00. The summed E-state index contributed by atoms with van der Waals surface area (Å²) in [5.41, 5.74) is 3.55. The standard InChI is InChI=1S/C22H20FN5O/c1-14-10-20(19-9-6-17(23)11-21(19)26-14)22(29)27(3)15(2)16-4-7-18(8-5-16)28-13-24-12-25-28/h4-13,15H,1-3H3. The Hall–Kier alpha value is -3.61. The van der Waals surface area contributed by atoms with Crippen LogP contribution in [0.2, 0.25) is 0 Å². The number of amides is 1. The van der Waals surface area contributed by atoms with Gasteiger partial charge in [0.2, 0.25) is 0 Å². The number of aryl methyl sites for hydroxylation is 1. The monoisotopic (exact) mass is 389 g/mol. The topological polar surface area (TPSA) is 63.9 Å². The van der Waals surface area contributed by atoms with Crippen LogP contribution in [0.15, 0.2) is 61.2 Å². The van der Waals surface area contributed by atoms with E-state index in [9.17, 15) is 9.18 Å². The van der Waals surface area contributed by atoms with E-state index >= 15 is 0 Å². The molecular weight excluding hydrogens is 369 g/mol. The third kappa shape index (κ3) is 3.59. The molecule has 0 radical (unpaired) electrons. The molecule has 0 N–H and O–H groups in total. The number of carbonyl (C=O) groups is 1. The van der Waals surface area contributed by atoms with Crippen LogP contribution >= 0.6 is 0 Å². The quantitative estimate of drug-likeness (QED) is 0.527. The Morgan fingerprint density at radius 1 is 1.14 bits per heavy atom. The molecule has 0 saturated heterocycles. The fourth-order valence-corrected chi connectivity index (χ4v) is 3.35. The van der Waals surface area contributed by atoms with E-state index in [1.165, 1.54) is 18.5 Å². The zero-order valence-electron chi connectivity index (χ0n) is 16.4. The summed E-state index contributed by atoms with van der Waals surface area (Å²) < 4.78 is 15.3. The molecule has 0 fully saturated rings. The predicted molar refractivity (Wildman–Crippen MR) is 108 cm³/mol. The maximum Gasteiger partial charge on any atom is 0.254 e. The molecule has 2 aromatic heterocycles. The lowest BCUT2D eigenvalue weighted by molar-refractivity contribution is 0.0744. The number of aromatic nitrogens is 4. The maximum atomic E-state index is 13.6. The summed E-state index contributed by atoms with van der Waals surface area (Å²) >= 11 is 0. The number of pyridine rings is 1. The SMILES string of the molecule is Cc1cc(C(=O)N(C)C(C)c2ccc(-n3cncn3)cc2)c2ccc(F)cc2n1. The molecule has 146 valence electrons. The van der Waals surface area contributed by atoms with E-state index < -0.39 is 0 Å². The van der Waals surface area contributed by atoms with Crippen molar-refractivity contribution in [2.45, 2.75) is 19.9 Å². The molecule has 2 aromatic carbocycles. The Kier molecular flexibility index (Phi) is 4.80. The van der Waals surface area contributed by atoms with Crippen molar-refractivity contribution in [1.82, 2.24) is 24.6 Å². The molecule has 0 aliphatic rings. The van der Waals surface area contributed by atoms with Gasteiger partial charge in [-0.25, -0.2) is 14.1 Å². The number of nitrogens with zero attached hydrogens (tertiary/aromatic N) is 5. The normalized spacial score (nSPS) is 12.1. The van der Waals surface area contributed by atoms with Crippen molar-refractivity contribution in [1.29, 1.82) is 0 Å². The third-order valence-corrected chi connectivity index (χ3v) is 5.09. The molecule has 4 aromatic rings. The number of fused-ring (bicyclic) bond motifs is 1. The van der Waals surface area contributed by atoms with Crippen LogP contribution in [0.4, 0.5) is 4.39 Å². The third-order valence-electron chi connectivity index (χ3n) is 5.09. The van der Waals surface area contributed by atoms with E-state index in [4.69, 9.17) is 0 Å². The Morgan fingerprint density at radius 3 is 2.59 bits per heavy atom. The zero-order valence-corrected chi connectivity index (χ0v) is 16.4. The number of hydrogen-bond acceptors (Lipinski definition) is 4. The Morgan fingerprint density at radius 2 is 1.90 bits per heavy atom. The van der Waals surface area contributed by atoms with E-state index in [1.54, 1.807) is 42.0 Å². The van der Waals surface area contributed by atoms with Gasteiger partial charge in [-0.05, 0) is 49.7 Å². The molecule has 2 heterocycles. The van der Waals surface area contributed by atoms with Crippen LogP contribution in [0, 0.1) is 12.7 Å². The van der Waals surface area contributed by atoms with Crippen molar-refractivity contribution in [2.24, 2.45) is 0 Å². The van der Waals surface area contributed by atoms with Gasteiger partial charge in [-0.3, -0.25) is 9.78 Å². The van der Waals surface area contributed by atoms with E-state index in [2.05, 4.69) is 15.1 Å². The van der Waals surface area contributed by atoms with Crippen LogP contribution in [-0.2, 0) is 0 Å². The summed E-state index contributed by atoms with van der Waals surface area (Å²) in [5, 5.41) is 4.76. The van der Waals surface area contributed by atoms with Gasteiger partial charge in [-0.1, -0.05) is 12.1 Å². The van der Waals surface area contributed by atoms with Gasteiger partial charge in [0.1, 0.15) is 18.5 Å². The van der Waals surface area contributed by atoms with Crippen LogP contribution < -0.4 is 0 Å². The molecule has 1 atom stereocenters. The molecule has 4 rings (SSSR count). The van der Waals surface area contributed by atoms with E-state index in [-0.39, 0.29) is 17.8 Å². The minimum absolute atomic E-state index is 0.139. The highest BCUT2D eigenvalue weighted by atomic mass is 19.1. The summed E-state index contributed by atoms with van der Waals surface area (Å²) in [7, 11) is 1.77. The lowest BCUT2D eigenvalue weighted by Crippen LogP contribution is -2.30. The molecule has 0 spiro atoms. The van der Waals surface area contributed by atoms with Gasteiger partial charge in [0.25, 0.3) is 5.91 Å². The van der Waals surface area contributed by atoms with Gasteiger partial charge in [0, 0.05) is 24.2 Å².